The highest BCUT2D eigenvalue weighted by Crippen LogP contribution is 2.25. The normalized spacial score (nSPS) is 10.4. The Kier molecular flexibility index (Phi) is 5.05. The minimum atomic E-state index is -0.751. The molecule has 0 saturated heterocycles. The predicted molar refractivity (Wildman–Crippen MR) is 62.3 cm³/mol. The SMILES string of the molecule is COCC(=O)CC(=O)c1cc(F)c(Cl)cc1Cl. The van der Waals surface area contributed by atoms with Crippen molar-refractivity contribution < 1.29 is 18.7 Å². The van der Waals surface area contributed by atoms with Crippen LogP contribution >= 0.6 is 23.2 Å². The summed E-state index contributed by atoms with van der Waals surface area (Å²) in [6.07, 6.45) is -0.380. The van der Waals surface area contributed by atoms with Gasteiger partial charge in [-0.2, -0.15) is 0 Å². The molecule has 0 aliphatic heterocycles. The van der Waals surface area contributed by atoms with Crippen molar-refractivity contribution in [2.24, 2.45) is 0 Å². The molecule has 92 valence electrons. The summed E-state index contributed by atoms with van der Waals surface area (Å²) in [6, 6.07) is 2.06. The summed E-state index contributed by atoms with van der Waals surface area (Å²) in [5, 5.41) is -0.151. The molecule has 0 atom stereocenters. The van der Waals surface area contributed by atoms with Gasteiger partial charge < -0.3 is 4.74 Å². The third-order valence-electron chi connectivity index (χ3n) is 1.97. The fourth-order valence-corrected chi connectivity index (χ4v) is 1.71. The molecule has 0 unspecified atom stereocenters. The molecule has 0 fully saturated rings. The molecule has 0 aliphatic rings. The van der Waals surface area contributed by atoms with Gasteiger partial charge in [-0.3, -0.25) is 9.59 Å². The van der Waals surface area contributed by atoms with Gasteiger partial charge in [-0.15, -0.1) is 0 Å². The number of hydrogen-bond donors (Lipinski definition) is 0. The van der Waals surface area contributed by atoms with Crippen LogP contribution in [0.5, 0.6) is 0 Å². The van der Waals surface area contributed by atoms with Gasteiger partial charge in [0.15, 0.2) is 11.6 Å². The second-order valence-electron chi connectivity index (χ2n) is 3.32. The molecule has 0 saturated carbocycles. The van der Waals surface area contributed by atoms with Crippen LogP contribution in [0, 0.1) is 5.82 Å². The Morgan fingerprint density at radius 1 is 1.29 bits per heavy atom. The zero-order valence-corrected chi connectivity index (χ0v) is 10.4. The summed E-state index contributed by atoms with van der Waals surface area (Å²) >= 11 is 11.2. The van der Waals surface area contributed by atoms with Gasteiger partial charge in [0, 0.05) is 12.7 Å². The van der Waals surface area contributed by atoms with Crippen molar-refractivity contribution in [2.45, 2.75) is 6.42 Å². The van der Waals surface area contributed by atoms with Crippen molar-refractivity contribution in [3.8, 4) is 0 Å². The Hall–Kier alpha value is -0.970. The van der Waals surface area contributed by atoms with E-state index < -0.39 is 17.4 Å². The highest BCUT2D eigenvalue weighted by atomic mass is 35.5. The summed E-state index contributed by atoms with van der Waals surface area (Å²) in [5.41, 5.74) is -0.0574. The standard InChI is InChI=1S/C11H9Cl2FO3/c1-17-5-6(15)2-11(16)7-3-10(14)9(13)4-8(7)12/h3-4H,2,5H2,1H3. The van der Waals surface area contributed by atoms with Crippen LogP contribution in [0.25, 0.3) is 0 Å². The first-order valence-corrected chi connectivity index (χ1v) is 5.39. The van der Waals surface area contributed by atoms with Gasteiger partial charge in [-0.25, -0.2) is 4.39 Å². The summed E-state index contributed by atoms with van der Waals surface area (Å²) in [6.45, 7) is -0.167. The lowest BCUT2D eigenvalue weighted by atomic mass is 10.1. The largest absolute Gasteiger partial charge is 0.377 e. The van der Waals surface area contributed by atoms with Crippen LogP contribution in [-0.2, 0) is 9.53 Å². The third kappa shape index (κ3) is 3.77. The molecule has 0 radical (unpaired) electrons. The number of hydrogen-bond acceptors (Lipinski definition) is 3. The number of methoxy groups -OCH3 is 1. The van der Waals surface area contributed by atoms with Crippen molar-refractivity contribution in [3.63, 3.8) is 0 Å². The second-order valence-corrected chi connectivity index (χ2v) is 4.13. The van der Waals surface area contributed by atoms with Crippen LogP contribution in [-0.4, -0.2) is 25.3 Å². The van der Waals surface area contributed by atoms with E-state index in [0.717, 1.165) is 12.1 Å². The van der Waals surface area contributed by atoms with E-state index in [4.69, 9.17) is 23.2 Å². The molecule has 0 amide bonds. The summed E-state index contributed by atoms with van der Waals surface area (Å²) < 4.78 is 17.7. The molecule has 0 aromatic heterocycles. The molecule has 3 nitrogen and oxygen atoms in total. The molecule has 1 aromatic carbocycles. The first-order chi connectivity index (χ1) is 7.95. The maximum absolute atomic E-state index is 13.2. The van der Waals surface area contributed by atoms with E-state index in [1.54, 1.807) is 0 Å². The average Bonchev–Trinajstić information content (AvgIpc) is 2.23. The quantitative estimate of drug-likeness (QED) is 0.473. The summed E-state index contributed by atoms with van der Waals surface area (Å²) in [4.78, 5) is 22.8. The number of halogens is 3. The minimum absolute atomic E-state index is 0.0200. The number of Topliss-reactive ketones (excluding diaryl/α,β-unsaturated/α-hetero) is 2. The zero-order valence-electron chi connectivity index (χ0n) is 8.93. The Labute approximate surface area is 107 Å². The molecular weight excluding hydrogens is 270 g/mol. The fraction of sp³-hybridized carbons (Fsp3) is 0.273. The first kappa shape index (κ1) is 14.1. The highest BCUT2D eigenvalue weighted by molar-refractivity contribution is 6.37. The van der Waals surface area contributed by atoms with E-state index in [9.17, 15) is 14.0 Å². The number of benzene rings is 1. The van der Waals surface area contributed by atoms with Gasteiger partial charge in [0.05, 0.1) is 16.5 Å². The smallest absolute Gasteiger partial charge is 0.171 e. The molecule has 0 heterocycles. The average molecular weight is 279 g/mol. The number of rotatable bonds is 5. The monoisotopic (exact) mass is 278 g/mol. The van der Waals surface area contributed by atoms with Gasteiger partial charge in [0.25, 0.3) is 0 Å². The Balaban J connectivity index is 2.89. The van der Waals surface area contributed by atoms with E-state index in [1.165, 1.54) is 7.11 Å². The Bertz CT molecular complexity index is 460. The van der Waals surface area contributed by atoms with Crippen molar-refractivity contribution in [1.29, 1.82) is 0 Å². The number of ketones is 2. The van der Waals surface area contributed by atoms with Gasteiger partial charge >= 0.3 is 0 Å². The van der Waals surface area contributed by atoms with E-state index in [0.29, 0.717) is 0 Å². The molecule has 0 bridgehead atoms. The van der Waals surface area contributed by atoms with Crippen LogP contribution in [0.4, 0.5) is 4.39 Å². The van der Waals surface area contributed by atoms with Crippen molar-refractivity contribution in [3.05, 3.63) is 33.6 Å². The fourth-order valence-electron chi connectivity index (χ4n) is 1.22. The maximum atomic E-state index is 13.2. The lowest BCUT2D eigenvalue weighted by molar-refractivity contribution is -0.121. The van der Waals surface area contributed by atoms with Gasteiger partial charge in [-0.05, 0) is 12.1 Å². The van der Waals surface area contributed by atoms with Crippen LogP contribution in [0.15, 0.2) is 12.1 Å². The Morgan fingerprint density at radius 2 is 1.94 bits per heavy atom. The van der Waals surface area contributed by atoms with Gasteiger partial charge in [-0.1, -0.05) is 23.2 Å². The first-order valence-electron chi connectivity index (χ1n) is 4.64. The van der Waals surface area contributed by atoms with E-state index >= 15 is 0 Å². The molecule has 6 heteroatoms. The molecule has 0 aliphatic carbocycles. The Morgan fingerprint density at radius 3 is 2.53 bits per heavy atom. The maximum Gasteiger partial charge on any atom is 0.171 e. The molecular formula is C11H9Cl2FO3. The summed E-state index contributed by atoms with van der Waals surface area (Å²) in [5.74, 6) is -1.71. The van der Waals surface area contributed by atoms with E-state index in [2.05, 4.69) is 4.74 Å². The predicted octanol–water partition coefficient (Wildman–Crippen LogP) is 2.92. The topological polar surface area (TPSA) is 43.4 Å². The van der Waals surface area contributed by atoms with E-state index in [1.807, 2.05) is 0 Å². The van der Waals surface area contributed by atoms with Crippen LogP contribution in [0.2, 0.25) is 10.0 Å². The van der Waals surface area contributed by atoms with Gasteiger partial charge in [0.1, 0.15) is 12.4 Å². The van der Waals surface area contributed by atoms with Crippen molar-refractivity contribution >= 4 is 34.8 Å². The molecule has 17 heavy (non-hydrogen) atoms. The lowest BCUT2D eigenvalue weighted by Gasteiger charge is -2.04. The number of ether oxygens (including phenoxy) is 1. The molecule has 1 aromatic rings. The minimum Gasteiger partial charge on any atom is -0.377 e. The number of carbonyl (C=O) groups excluding carboxylic acids is 2. The summed E-state index contributed by atoms with van der Waals surface area (Å²) in [7, 11) is 1.34. The molecule has 0 N–H and O–H groups in total. The zero-order chi connectivity index (χ0) is 13.0. The van der Waals surface area contributed by atoms with Crippen molar-refractivity contribution in [1.82, 2.24) is 0 Å². The van der Waals surface area contributed by atoms with Crippen molar-refractivity contribution in [2.75, 3.05) is 13.7 Å². The van der Waals surface area contributed by atoms with Crippen LogP contribution < -0.4 is 0 Å². The number of carbonyl (C=O) groups is 2. The molecule has 1 rings (SSSR count). The van der Waals surface area contributed by atoms with E-state index in [-0.39, 0.29) is 28.6 Å². The second kappa shape index (κ2) is 6.10. The lowest BCUT2D eigenvalue weighted by Crippen LogP contribution is -2.13. The molecule has 0 spiro atoms. The van der Waals surface area contributed by atoms with Crippen LogP contribution in [0.3, 0.4) is 0 Å². The highest BCUT2D eigenvalue weighted by Gasteiger charge is 2.17. The van der Waals surface area contributed by atoms with Crippen LogP contribution in [0.1, 0.15) is 16.8 Å². The third-order valence-corrected chi connectivity index (χ3v) is 2.58. The van der Waals surface area contributed by atoms with Gasteiger partial charge in [0.2, 0.25) is 0 Å².